The first kappa shape index (κ1) is 23.5. The molecular weight excluding hydrogens is 424 g/mol. The molecule has 2 N–H and O–H groups in total. The Bertz CT molecular complexity index is 1210. The maximum Gasteiger partial charge on any atom is 0.251 e. The lowest BCUT2D eigenvalue weighted by Gasteiger charge is -2.06. The van der Waals surface area contributed by atoms with Crippen molar-refractivity contribution in [3.05, 3.63) is 66.1 Å². The van der Waals surface area contributed by atoms with E-state index < -0.39 is 6.47 Å². The lowest BCUT2D eigenvalue weighted by molar-refractivity contribution is -0.694. The number of hydrogen-bond acceptors (Lipinski definition) is 7. The van der Waals surface area contributed by atoms with Crippen molar-refractivity contribution in [1.82, 2.24) is 19.9 Å². The molecule has 0 aliphatic carbocycles. The molecule has 0 aliphatic heterocycles. The zero-order valence-electron chi connectivity index (χ0n) is 18.7. The standard InChI is InChI=1S/C22H24N6O2.CH2O2/c1-4-23-18-6-9-27(10-7-18)12-8-24-22(29)17-5-11-28-19(14-25-20(28)13-17)21-15(2)26-30-16(21)3;2-1-3/h5-7,9-11,13-14H,4,8,12H2,1-3H3,(H,24,29);1H,(H,2,3). The number of aromatic nitrogens is 4. The number of aryl methyl sites for hydroxylation is 2. The molecule has 0 bridgehead atoms. The fourth-order valence-corrected chi connectivity index (χ4v) is 3.48. The Morgan fingerprint density at radius 2 is 2.00 bits per heavy atom. The number of fused-ring (bicyclic) bond motifs is 1. The van der Waals surface area contributed by atoms with E-state index in [9.17, 15) is 4.79 Å². The summed E-state index contributed by atoms with van der Waals surface area (Å²) in [4.78, 5) is 25.3. The minimum absolute atomic E-state index is 0.121. The lowest BCUT2D eigenvalue weighted by atomic mass is 10.1. The van der Waals surface area contributed by atoms with Crippen LogP contribution in [0.1, 0.15) is 28.7 Å². The van der Waals surface area contributed by atoms with Gasteiger partial charge < -0.3 is 25.1 Å². The van der Waals surface area contributed by atoms with Gasteiger partial charge in [-0.05, 0) is 32.9 Å². The molecule has 0 aliphatic rings. The molecule has 4 aromatic heterocycles. The quantitative estimate of drug-likeness (QED) is 0.319. The molecular formula is C23H26N6O4. The summed E-state index contributed by atoms with van der Waals surface area (Å²) in [6, 6.07) is 7.63. The number of carbonyl (C=O) groups excluding carboxylic acids is 2. The Kier molecular flexibility index (Phi) is 7.74. The minimum atomic E-state index is -0.500. The summed E-state index contributed by atoms with van der Waals surface area (Å²) in [6.07, 6.45) is 7.62. The molecule has 33 heavy (non-hydrogen) atoms. The van der Waals surface area contributed by atoms with Crippen molar-refractivity contribution in [3.8, 4) is 11.3 Å². The van der Waals surface area contributed by atoms with Crippen LogP contribution in [0.15, 0.2) is 53.6 Å². The molecule has 172 valence electrons. The first-order valence-corrected chi connectivity index (χ1v) is 10.5. The number of rotatable bonds is 7. The van der Waals surface area contributed by atoms with Crippen molar-refractivity contribution in [2.24, 2.45) is 0 Å². The monoisotopic (exact) mass is 450 g/mol. The fourth-order valence-electron chi connectivity index (χ4n) is 3.48. The highest BCUT2D eigenvalue weighted by Gasteiger charge is 2.17. The summed E-state index contributed by atoms with van der Waals surface area (Å²) in [6.45, 7) is 7.46. The van der Waals surface area contributed by atoms with Crippen molar-refractivity contribution in [2.45, 2.75) is 27.3 Å². The van der Waals surface area contributed by atoms with Crippen molar-refractivity contribution >= 4 is 23.7 Å². The van der Waals surface area contributed by atoms with Gasteiger partial charge >= 0.3 is 0 Å². The maximum absolute atomic E-state index is 12.6. The van der Waals surface area contributed by atoms with E-state index in [2.05, 4.69) is 27.7 Å². The van der Waals surface area contributed by atoms with Crippen LogP contribution in [-0.2, 0) is 11.3 Å². The summed E-state index contributed by atoms with van der Waals surface area (Å²) in [5, 5.41) is 18.5. The van der Waals surface area contributed by atoms with Crippen LogP contribution in [-0.4, -0.2) is 40.0 Å². The normalized spacial score (nSPS) is 10.4. The van der Waals surface area contributed by atoms with Gasteiger partial charge in [0.2, 0.25) is 0 Å². The van der Waals surface area contributed by atoms with Crippen LogP contribution in [0, 0.1) is 13.8 Å². The zero-order valence-corrected chi connectivity index (χ0v) is 18.7. The summed E-state index contributed by atoms with van der Waals surface area (Å²) < 4.78 is 9.24. The molecule has 4 aromatic rings. The van der Waals surface area contributed by atoms with Crippen molar-refractivity contribution < 1.29 is 23.8 Å². The van der Waals surface area contributed by atoms with Crippen LogP contribution in [0.3, 0.4) is 0 Å². The van der Waals surface area contributed by atoms with Crippen LogP contribution in [0.5, 0.6) is 0 Å². The largest absolute Gasteiger partial charge is 0.554 e. The van der Waals surface area contributed by atoms with Gasteiger partial charge in [-0.2, -0.15) is 0 Å². The maximum atomic E-state index is 12.6. The van der Waals surface area contributed by atoms with E-state index in [0.717, 1.165) is 34.9 Å². The molecule has 10 nitrogen and oxygen atoms in total. The minimum Gasteiger partial charge on any atom is -0.554 e. The molecule has 4 heterocycles. The number of nitrogens with zero attached hydrogens (tertiary/aromatic N) is 4. The number of carbonyl (C=O) groups is 2. The van der Waals surface area contributed by atoms with Crippen LogP contribution in [0.2, 0.25) is 0 Å². The molecule has 0 radical (unpaired) electrons. The van der Waals surface area contributed by atoms with Crippen LogP contribution in [0.25, 0.3) is 16.9 Å². The Morgan fingerprint density at radius 1 is 1.27 bits per heavy atom. The van der Waals surface area contributed by atoms with Crippen molar-refractivity contribution in [2.75, 3.05) is 18.4 Å². The van der Waals surface area contributed by atoms with E-state index in [4.69, 9.17) is 14.4 Å². The zero-order chi connectivity index (χ0) is 23.8. The summed E-state index contributed by atoms with van der Waals surface area (Å²) >= 11 is 0. The number of pyridine rings is 2. The van der Waals surface area contributed by atoms with E-state index in [1.165, 1.54) is 0 Å². The first-order chi connectivity index (χ1) is 16.0. The van der Waals surface area contributed by atoms with E-state index >= 15 is 0 Å². The molecule has 0 unspecified atom stereocenters. The van der Waals surface area contributed by atoms with Crippen LogP contribution in [0.4, 0.5) is 5.69 Å². The smallest absolute Gasteiger partial charge is 0.251 e. The van der Waals surface area contributed by atoms with E-state index in [1.54, 1.807) is 18.3 Å². The molecule has 0 spiro atoms. The number of amides is 1. The average Bonchev–Trinajstić information content (AvgIpc) is 3.37. The second-order valence-corrected chi connectivity index (χ2v) is 7.19. The molecule has 0 atom stereocenters. The third kappa shape index (κ3) is 5.53. The topological polar surface area (TPSA) is 128 Å². The van der Waals surface area contributed by atoms with Crippen LogP contribution < -0.4 is 20.3 Å². The van der Waals surface area contributed by atoms with Gasteiger partial charge in [0.05, 0.1) is 29.7 Å². The number of imidazole rings is 1. The second kappa shape index (κ2) is 10.9. The van der Waals surface area contributed by atoms with Gasteiger partial charge in [-0.15, -0.1) is 0 Å². The van der Waals surface area contributed by atoms with E-state index in [-0.39, 0.29) is 5.91 Å². The van der Waals surface area contributed by atoms with Gasteiger partial charge in [-0.3, -0.25) is 9.20 Å². The number of carboxylic acid groups (broad SMARTS) is 1. The fraction of sp³-hybridized carbons (Fsp3) is 0.261. The summed E-state index contributed by atoms with van der Waals surface area (Å²) in [7, 11) is 0. The van der Waals surface area contributed by atoms with E-state index in [1.807, 2.05) is 53.5 Å². The summed E-state index contributed by atoms with van der Waals surface area (Å²) in [5.41, 5.74) is 4.99. The molecule has 1 amide bonds. The van der Waals surface area contributed by atoms with Gasteiger partial charge in [0.25, 0.3) is 5.91 Å². The van der Waals surface area contributed by atoms with Gasteiger partial charge in [0.15, 0.2) is 18.9 Å². The molecule has 10 heteroatoms. The predicted molar refractivity (Wildman–Crippen MR) is 119 cm³/mol. The third-order valence-electron chi connectivity index (χ3n) is 4.99. The molecule has 4 rings (SSSR count). The van der Waals surface area contributed by atoms with Crippen LogP contribution >= 0.6 is 0 Å². The number of anilines is 1. The summed E-state index contributed by atoms with van der Waals surface area (Å²) in [5.74, 6) is 0.622. The highest BCUT2D eigenvalue weighted by molar-refractivity contribution is 5.95. The SMILES string of the molecule is CCNc1cc[n+](CCNC(=O)c2ccn3c(-c4c(C)noc4C)cnc3c2)cc1.O=C[O-]. The first-order valence-electron chi connectivity index (χ1n) is 10.5. The molecule has 0 saturated heterocycles. The van der Waals surface area contributed by atoms with Crippen molar-refractivity contribution in [3.63, 3.8) is 0 Å². The Labute approximate surface area is 190 Å². The highest BCUT2D eigenvalue weighted by Crippen LogP contribution is 2.27. The Hall–Kier alpha value is -4.21. The van der Waals surface area contributed by atoms with E-state index in [0.29, 0.717) is 24.3 Å². The highest BCUT2D eigenvalue weighted by atomic mass is 16.5. The Morgan fingerprint density at radius 3 is 2.64 bits per heavy atom. The molecule has 0 aromatic carbocycles. The average molecular weight is 450 g/mol. The van der Waals surface area contributed by atoms with Gasteiger partial charge in [0, 0.05) is 42.6 Å². The molecule has 0 saturated carbocycles. The molecule has 0 fully saturated rings. The third-order valence-corrected chi connectivity index (χ3v) is 4.99. The van der Waals surface area contributed by atoms with Gasteiger partial charge in [-0.25, -0.2) is 9.55 Å². The second-order valence-electron chi connectivity index (χ2n) is 7.19. The number of nitrogens with one attached hydrogen (secondary N) is 2. The number of hydrogen-bond donors (Lipinski definition) is 2. The van der Waals surface area contributed by atoms with Gasteiger partial charge in [0.1, 0.15) is 11.4 Å². The van der Waals surface area contributed by atoms with Gasteiger partial charge in [-0.1, -0.05) is 5.16 Å². The lowest BCUT2D eigenvalue weighted by Crippen LogP contribution is -2.40. The predicted octanol–water partition coefficient (Wildman–Crippen LogP) is 1.12. The van der Waals surface area contributed by atoms with Crippen molar-refractivity contribution in [1.29, 1.82) is 0 Å². The Balaban J connectivity index is 0.000000968.